The lowest BCUT2D eigenvalue weighted by Crippen LogP contribution is -2.22. The minimum absolute atomic E-state index is 0.134. The number of nitrogens with one attached hydrogen (secondary N) is 2. The molecule has 0 aliphatic rings. The molecule has 2 N–H and O–H groups in total. The summed E-state index contributed by atoms with van der Waals surface area (Å²) in [4.78, 5) is 12.1. The van der Waals surface area contributed by atoms with Gasteiger partial charge in [-0.05, 0) is 38.1 Å². The highest BCUT2D eigenvalue weighted by Crippen LogP contribution is 2.23. The summed E-state index contributed by atoms with van der Waals surface area (Å²) in [5.74, 6) is 1.34. The maximum atomic E-state index is 12.1. The van der Waals surface area contributed by atoms with Gasteiger partial charge in [-0.15, -0.1) is 0 Å². The topological polar surface area (TPSA) is 59.6 Å². The van der Waals surface area contributed by atoms with Gasteiger partial charge in [-0.25, -0.2) is 0 Å². The van der Waals surface area contributed by atoms with Gasteiger partial charge in [0.25, 0.3) is 0 Å². The molecule has 0 saturated carbocycles. The summed E-state index contributed by atoms with van der Waals surface area (Å²) < 4.78 is 10.9. The third kappa shape index (κ3) is 5.21. The van der Waals surface area contributed by atoms with Crippen LogP contribution in [0.3, 0.4) is 0 Å². The Morgan fingerprint density at radius 3 is 2.57 bits per heavy atom. The summed E-state index contributed by atoms with van der Waals surface area (Å²) in [7, 11) is 0. The van der Waals surface area contributed by atoms with Gasteiger partial charge in [0.2, 0.25) is 5.91 Å². The maximum Gasteiger partial charge on any atom is 0.243 e. The summed E-state index contributed by atoms with van der Waals surface area (Å²) >= 11 is 0. The van der Waals surface area contributed by atoms with Gasteiger partial charge < -0.3 is 20.1 Å². The predicted octanol–water partition coefficient (Wildman–Crippen LogP) is 3.53. The molecule has 0 spiro atoms. The lowest BCUT2D eigenvalue weighted by Gasteiger charge is -2.12. The average molecular weight is 314 g/mol. The van der Waals surface area contributed by atoms with E-state index >= 15 is 0 Å². The van der Waals surface area contributed by atoms with Crippen molar-refractivity contribution in [1.82, 2.24) is 0 Å². The molecule has 2 aromatic carbocycles. The SMILES string of the molecule is CCOc1cccc(NC(=O)CNc2ccccc2OCC)c1. The molecule has 0 aliphatic heterocycles. The fraction of sp³-hybridized carbons (Fsp3) is 0.278. The fourth-order valence-corrected chi connectivity index (χ4v) is 2.11. The largest absolute Gasteiger partial charge is 0.494 e. The normalized spacial score (nSPS) is 10.0. The molecule has 1 amide bonds. The molecule has 2 aromatic rings. The number of para-hydroxylation sites is 2. The number of carbonyl (C=O) groups excluding carboxylic acids is 1. The van der Waals surface area contributed by atoms with Crippen molar-refractivity contribution in [2.24, 2.45) is 0 Å². The summed E-state index contributed by atoms with van der Waals surface area (Å²) in [6, 6.07) is 14.9. The van der Waals surface area contributed by atoms with E-state index in [0.717, 1.165) is 17.2 Å². The zero-order chi connectivity index (χ0) is 16.5. The lowest BCUT2D eigenvalue weighted by molar-refractivity contribution is -0.114. The molecular formula is C18H22N2O3. The van der Waals surface area contributed by atoms with Gasteiger partial charge in [0.15, 0.2) is 0 Å². The zero-order valence-corrected chi connectivity index (χ0v) is 13.5. The maximum absolute atomic E-state index is 12.1. The lowest BCUT2D eigenvalue weighted by atomic mass is 10.3. The molecule has 0 aromatic heterocycles. The molecule has 5 heteroatoms. The first-order chi connectivity index (χ1) is 11.2. The summed E-state index contributed by atoms with van der Waals surface area (Å²) in [5, 5.41) is 5.93. The Balaban J connectivity index is 1.91. The van der Waals surface area contributed by atoms with Crippen LogP contribution in [0.2, 0.25) is 0 Å². The Morgan fingerprint density at radius 2 is 1.78 bits per heavy atom. The van der Waals surface area contributed by atoms with E-state index in [1.54, 1.807) is 6.07 Å². The van der Waals surface area contributed by atoms with Crippen molar-refractivity contribution < 1.29 is 14.3 Å². The Hall–Kier alpha value is -2.69. The number of ether oxygens (including phenoxy) is 2. The van der Waals surface area contributed by atoms with E-state index in [2.05, 4.69) is 10.6 Å². The Bertz CT molecular complexity index is 644. The molecule has 0 aliphatic carbocycles. The molecule has 5 nitrogen and oxygen atoms in total. The molecule has 2 rings (SSSR count). The first kappa shape index (κ1) is 16.7. The highest BCUT2D eigenvalue weighted by atomic mass is 16.5. The van der Waals surface area contributed by atoms with Gasteiger partial charge in [0.05, 0.1) is 25.4 Å². The third-order valence-corrected chi connectivity index (χ3v) is 3.06. The van der Waals surface area contributed by atoms with E-state index < -0.39 is 0 Å². The highest BCUT2D eigenvalue weighted by molar-refractivity contribution is 5.94. The van der Waals surface area contributed by atoms with E-state index in [-0.39, 0.29) is 12.5 Å². The second kappa shape index (κ2) is 8.68. The highest BCUT2D eigenvalue weighted by Gasteiger charge is 2.06. The van der Waals surface area contributed by atoms with Gasteiger partial charge in [-0.3, -0.25) is 4.79 Å². The van der Waals surface area contributed by atoms with Crippen LogP contribution in [0.5, 0.6) is 11.5 Å². The molecule has 0 saturated heterocycles. The van der Waals surface area contributed by atoms with Crippen molar-refractivity contribution in [2.75, 3.05) is 30.4 Å². The molecule has 0 fully saturated rings. The van der Waals surface area contributed by atoms with Crippen molar-refractivity contribution in [3.8, 4) is 11.5 Å². The number of benzene rings is 2. The minimum atomic E-state index is -0.134. The summed E-state index contributed by atoms with van der Waals surface area (Å²) in [6.45, 7) is 5.17. The van der Waals surface area contributed by atoms with Crippen molar-refractivity contribution in [2.45, 2.75) is 13.8 Å². The van der Waals surface area contributed by atoms with Gasteiger partial charge in [0.1, 0.15) is 11.5 Å². The molecule has 23 heavy (non-hydrogen) atoms. The van der Waals surface area contributed by atoms with Crippen molar-refractivity contribution >= 4 is 17.3 Å². The standard InChI is InChI=1S/C18H22N2O3/c1-3-22-15-9-7-8-14(12-15)20-18(21)13-19-16-10-5-6-11-17(16)23-4-2/h5-12,19H,3-4,13H2,1-2H3,(H,20,21). The first-order valence-corrected chi connectivity index (χ1v) is 7.71. The molecule has 0 bridgehead atoms. The van der Waals surface area contributed by atoms with Crippen LogP contribution in [0.1, 0.15) is 13.8 Å². The molecule has 0 radical (unpaired) electrons. The Kier molecular flexibility index (Phi) is 6.29. The van der Waals surface area contributed by atoms with Gasteiger partial charge in [-0.2, -0.15) is 0 Å². The molecule has 122 valence electrons. The minimum Gasteiger partial charge on any atom is -0.494 e. The Morgan fingerprint density at radius 1 is 1.00 bits per heavy atom. The molecule has 0 atom stereocenters. The van der Waals surface area contributed by atoms with Crippen molar-refractivity contribution in [1.29, 1.82) is 0 Å². The van der Waals surface area contributed by atoms with Gasteiger partial charge in [-0.1, -0.05) is 18.2 Å². The van der Waals surface area contributed by atoms with Crippen LogP contribution in [0.4, 0.5) is 11.4 Å². The second-order valence-electron chi connectivity index (χ2n) is 4.79. The van der Waals surface area contributed by atoms with E-state index in [9.17, 15) is 4.79 Å². The van der Waals surface area contributed by atoms with Crippen LogP contribution < -0.4 is 20.1 Å². The van der Waals surface area contributed by atoms with Crippen LogP contribution in [0.25, 0.3) is 0 Å². The summed E-state index contributed by atoms with van der Waals surface area (Å²) in [6.07, 6.45) is 0. The zero-order valence-electron chi connectivity index (χ0n) is 13.5. The first-order valence-electron chi connectivity index (χ1n) is 7.71. The smallest absolute Gasteiger partial charge is 0.243 e. The van der Waals surface area contributed by atoms with Crippen LogP contribution >= 0.6 is 0 Å². The Labute approximate surface area is 136 Å². The van der Waals surface area contributed by atoms with Crippen LogP contribution in [0.15, 0.2) is 48.5 Å². The number of amides is 1. The van der Waals surface area contributed by atoms with Gasteiger partial charge in [0, 0.05) is 11.8 Å². The van der Waals surface area contributed by atoms with Crippen molar-refractivity contribution in [3.05, 3.63) is 48.5 Å². The van der Waals surface area contributed by atoms with E-state index in [0.29, 0.717) is 18.9 Å². The van der Waals surface area contributed by atoms with Gasteiger partial charge >= 0.3 is 0 Å². The summed E-state index contributed by atoms with van der Waals surface area (Å²) in [5.41, 5.74) is 1.51. The quantitative estimate of drug-likeness (QED) is 0.782. The van der Waals surface area contributed by atoms with Crippen LogP contribution in [-0.4, -0.2) is 25.7 Å². The number of carbonyl (C=O) groups is 1. The van der Waals surface area contributed by atoms with E-state index in [1.165, 1.54) is 0 Å². The van der Waals surface area contributed by atoms with E-state index in [4.69, 9.17) is 9.47 Å². The molecule has 0 unspecified atom stereocenters. The van der Waals surface area contributed by atoms with Crippen LogP contribution in [-0.2, 0) is 4.79 Å². The average Bonchev–Trinajstić information content (AvgIpc) is 2.55. The number of hydrogen-bond donors (Lipinski definition) is 2. The van der Waals surface area contributed by atoms with Crippen molar-refractivity contribution in [3.63, 3.8) is 0 Å². The predicted molar refractivity (Wildman–Crippen MR) is 92.3 cm³/mol. The monoisotopic (exact) mass is 314 g/mol. The number of anilines is 2. The van der Waals surface area contributed by atoms with Crippen LogP contribution in [0, 0.1) is 0 Å². The second-order valence-corrected chi connectivity index (χ2v) is 4.79. The number of hydrogen-bond acceptors (Lipinski definition) is 4. The number of rotatable bonds is 8. The third-order valence-electron chi connectivity index (χ3n) is 3.06. The molecule has 0 heterocycles. The van der Waals surface area contributed by atoms with E-state index in [1.807, 2.05) is 56.3 Å². The molecular weight excluding hydrogens is 292 g/mol. The fourth-order valence-electron chi connectivity index (χ4n) is 2.11.